The van der Waals surface area contributed by atoms with Crippen LogP contribution in [0.15, 0.2) is 53.3 Å². The van der Waals surface area contributed by atoms with Gasteiger partial charge in [-0.05, 0) is 47.9 Å². The van der Waals surface area contributed by atoms with E-state index in [0.717, 1.165) is 22.3 Å². The van der Waals surface area contributed by atoms with Gasteiger partial charge in [-0.15, -0.1) is 10.2 Å². The Labute approximate surface area is 120 Å². The molecule has 21 heavy (non-hydrogen) atoms. The maximum absolute atomic E-state index is 11.1. The molecule has 2 aromatic carbocycles. The summed E-state index contributed by atoms with van der Waals surface area (Å²) in [7, 11) is 0. The molecule has 0 atom stereocenters. The summed E-state index contributed by atoms with van der Waals surface area (Å²) in [5, 5.41) is 16.6. The Bertz CT molecular complexity index is 778. The average molecular weight is 280 g/mol. The van der Waals surface area contributed by atoms with Crippen LogP contribution in [0.4, 0.5) is 0 Å². The van der Waals surface area contributed by atoms with Gasteiger partial charge < -0.3 is 9.52 Å². The Balaban J connectivity index is 2.01. The maximum Gasteiger partial charge on any atom is 0.335 e. The number of nitrogens with zero attached hydrogens (tertiary/aromatic N) is 2. The van der Waals surface area contributed by atoms with E-state index in [2.05, 4.69) is 10.2 Å². The summed E-state index contributed by atoms with van der Waals surface area (Å²) in [4.78, 5) is 11.1. The first-order valence-electron chi connectivity index (χ1n) is 6.36. The van der Waals surface area contributed by atoms with E-state index in [0.29, 0.717) is 5.89 Å². The largest absolute Gasteiger partial charge is 0.478 e. The lowest BCUT2D eigenvalue weighted by molar-refractivity contribution is 0.0697. The van der Waals surface area contributed by atoms with E-state index >= 15 is 0 Å². The Morgan fingerprint density at radius 2 is 1.81 bits per heavy atom. The lowest BCUT2D eigenvalue weighted by atomic mass is 9.97. The fourth-order valence-electron chi connectivity index (χ4n) is 2.16. The molecule has 3 aromatic rings. The molecule has 1 N–H and O–H groups in total. The lowest BCUT2D eigenvalue weighted by Crippen LogP contribution is -1.97. The normalized spacial score (nSPS) is 10.5. The third-order valence-electron chi connectivity index (χ3n) is 3.29. The van der Waals surface area contributed by atoms with E-state index in [9.17, 15) is 4.79 Å². The van der Waals surface area contributed by atoms with Crippen molar-refractivity contribution in [2.45, 2.75) is 6.92 Å². The van der Waals surface area contributed by atoms with Crippen molar-refractivity contribution in [2.75, 3.05) is 0 Å². The van der Waals surface area contributed by atoms with Crippen molar-refractivity contribution >= 4 is 5.97 Å². The highest BCUT2D eigenvalue weighted by atomic mass is 16.4. The zero-order chi connectivity index (χ0) is 14.8. The quantitative estimate of drug-likeness (QED) is 0.795. The van der Waals surface area contributed by atoms with Crippen molar-refractivity contribution in [3.05, 3.63) is 60.0 Å². The molecule has 1 aromatic heterocycles. The summed E-state index contributed by atoms with van der Waals surface area (Å²) in [6.07, 6.45) is 1.28. The van der Waals surface area contributed by atoms with Crippen LogP contribution in [-0.4, -0.2) is 21.3 Å². The number of rotatable bonds is 3. The fraction of sp³-hybridized carbons (Fsp3) is 0.0625. The number of aryl methyl sites for hydroxylation is 1. The molecule has 0 unspecified atom stereocenters. The summed E-state index contributed by atoms with van der Waals surface area (Å²) < 4.78 is 5.14. The number of aromatic nitrogens is 2. The van der Waals surface area contributed by atoms with E-state index in [1.54, 1.807) is 12.1 Å². The first-order valence-corrected chi connectivity index (χ1v) is 6.36. The van der Waals surface area contributed by atoms with Crippen molar-refractivity contribution in [3.63, 3.8) is 0 Å². The molecule has 0 fully saturated rings. The molecule has 5 nitrogen and oxygen atoms in total. The van der Waals surface area contributed by atoms with Gasteiger partial charge in [0.15, 0.2) is 0 Å². The molecule has 0 aliphatic rings. The average Bonchev–Trinajstić information content (AvgIpc) is 3.02. The number of hydrogen-bond donors (Lipinski definition) is 1. The van der Waals surface area contributed by atoms with Crippen molar-refractivity contribution in [1.82, 2.24) is 10.2 Å². The Morgan fingerprint density at radius 1 is 1.10 bits per heavy atom. The van der Waals surface area contributed by atoms with E-state index in [1.807, 2.05) is 37.3 Å². The molecule has 0 saturated heterocycles. The molecule has 3 rings (SSSR count). The number of hydrogen-bond acceptors (Lipinski definition) is 4. The Morgan fingerprint density at radius 3 is 2.43 bits per heavy atom. The highest BCUT2D eigenvalue weighted by Gasteiger charge is 2.09. The van der Waals surface area contributed by atoms with E-state index in [4.69, 9.17) is 9.52 Å². The minimum Gasteiger partial charge on any atom is -0.478 e. The highest BCUT2D eigenvalue weighted by Crippen LogP contribution is 2.27. The van der Waals surface area contributed by atoms with Gasteiger partial charge in [0.05, 0.1) is 5.56 Å². The zero-order valence-corrected chi connectivity index (χ0v) is 11.3. The molecule has 0 aliphatic heterocycles. The summed E-state index contributed by atoms with van der Waals surface area (Å²) in [6.45, 7) is 1.95. The molecule has 1 heterocycles. The molecule has 0 amide bonds. The Kier molecular flexibility index (Phi) is 3.23. The van der Waals surface area contributed by atoms with Gasteiger partial charge >= 0.3 is 5.97 Å². The van der Waals surface area contributed by atoms with Gasteiger partial charge in [0, 0.05) is 5.56 Å². The standard InChI is InChI=1S/C16H12N2O3/c1-10-2-3-13(16(19)20)8-14(10)11-4-6-12(7-5-11)15-18-17-9-21-15/h2-9H,1H3,(H,19,20). The van der Waals surface area contributed by atoms with Gasteiger partial charge in [0.2, 0.25) is 12.3 Å². The zero-order valence-electron chi connectivity index (χ0n) is 11.3. The molecule has 0 bridgehead atoms. The van der Waals surface area contributed by atoms with Crippen molar-refractivity contribution in [2.24, 2.45) is 0 Å². The van der Waals surface area contributed by atoms with E-state index in [-0.39, 0.29) is 5.56 Å². The molecule has 0 spiro atoms. The van der Waals surface area contributed by atoms with Crippen molar-refractivity contribution in [3.8, 4) is 22.6 Å². The van der Waals surface area contributed by atoms with Gasteiger partial charge in [-0.2, -0.15) is 0 Å². The van der Waals surface area contributed by atoms with Gasteiger partial charge in [-0.1, -0.05) is 18.2 Å². The van der Waals surface area contributed by atoms with Gasteiger partial charge in [-0.3, -0.25) is 0 Å². The smallest absolute Gasteiger partial charge is 0.335 e. The number of aromatic carboxylic acids is 1. The minimum atomic E-state index is -0.932. The van der Waals surface area contributed by atoms with E-state index < -0.39 is 5.97 Å². The van der Waals surface area contributed by atoms with Crippen molar-refractivity contribution in [1.29, 1.82) is 0 Å². The topological polar surface area (TPSA) is 76.2 Å². The molecule has 0 aliphatic carbocycles. The third kappa shape index (κ3) is 2.53. The fourth-order valence-corrected chi connectivity index (χ4v) is 2.16. The second-order valence-electron chi connectivity index (χ2n) is 4.66. The molecule has 0 radical (unpaired) electrons. The summed E-state index contributed by atoms with van der Waals surface area (Å²) >= 11 is 0. The molecule has 5 heteroatoms. The van der Waals surface area contributed by atoms with Gasteiger partial charge in [0.25, 0.3) is 0 Å². The predicted molar refractivity (Wildman–Crippen MR) is 76.9 cm³/mol. The van der Waals surface area contributed by atoms with Crippen LogP contribution in [0.25, 0.3) is 22.6 Å². The first-order chi connectivity index (χ1) is 10.1. The molecule has 0 saturated carbocycles. The Hall–Kier alpha value is -2.95. The van der Waals surface area contributed by atoms with Gasteiger partial charge in [-0.25, -0.2) is 4.79 Å². The highest BCUT2D eigenvalue weighted by molar-refractivity contribution is 5.90. The van der Waals surface area contributed by atoms with E-state index in [1.165, 1.54) is 6.39 Å². The second-order valence-corrected chi connectivity index (χ2v) is 4.66. The minimum absolute atomic E-state index is 0.275. The SMILES string of the molecule is Cc1ccc(C(=O)O)cc1-c1ccc(-c2nnco2)cc1. The number of carbonyl (C=O) groups is 1. The summed E-state index contributed by atoms with van der Waals surface area (Å²) in [5.74, 6) is -0.476. The van der Waals surface area contributed by atoms with Crippen LogP contribution < -0.4 is 0 Å². The number of carboxylic acid groups (broad SMARTS) is 1. The van der Waals surface area contributed by atoms with Crippen LogP contribution in [0.2, 0.25) is 0 Å². The predicted octanol–water partition coefficient (Wildman–Crippen LogP) is 3.41. The van der Waals surface area contributed by atoms with Crippen LogP contribution in [-0.2, 0) is 0 Å². The van der Waals surface area contributed by atoms with Crippen LogP contribution in [0.3, 0.4) is 0 Å². The molecular formula is C16H12N2O3. The third-order valence-corrected chi connectivity index (χ3v) is 3.29. The van der Waals surface area contributed by atoms with Crippen LogP contribution in [0.5, 0.6) is 0 Å². The first kappa shape index (κ1) is 13.1. The van der Waals surface area contributed by atoms with Crippen LogP contribution in [0.1, 0.15) is 15.9 Å². The summed E-state index contributed by atoms with van der Waals surface area (Å²) in [6, 6.07) is 12.7. The number of carboxylic acids is 1. The van der Waals surface area contributed by atoms with Gasteiger partial charge in [0.1, 0.15) is 0 Å². The van der Waals surface area contributed by atoms with Crippen LogP contribution >= 0.6 is 0 Å². The van der Waals surface area contributed by atoms with Crippen LogP contribution in [0, 0.1) is 6.92 Å². The monoisotopic (exact) mass is 280 g/mol. The molecule has 104 valence electrons. The maximum atomic E-state index is 11.1. The second kappa shape index (κ2) is 5.20. The van der Waals surface area contributed by atoms with Crippen molar-refractivity contribution < 1.29 is 14.3 Å². The molecular weight excluding hydrogens is 268 g/mol. The number of benzene rings is 2. The summed E-state index contributed by atoms with van der Waals surface area (Å²) in [5.41, 5.74) is 3.95. The lowest BCUT2D eigenvalue weighted by Gasteiger charge is -2.08.